The number of nitrogens with two attached hydrogens (primary N) is 1. The van der Waals surface area contributed by atoms with Gasteiger partial charge in [-0.2, -0.15) is 0 Å². The van der Waals surface area contributed by atoms with E-state index in [0.717, 1.165) is 25.9 Å². The van der Waals surface area contributed by atoms with Crippen LogP contribution in [0, 0.1) is 11.3 Å². The molecule has 0 saturated carbocycles. The molecular weight excluding hydrogens is 456 g/mol. The number of carbonyl (C=O) groups is 3. The van der Waals surface area contributed by atoms with Crippen molar-refractivity contribution in [1.82, 2.24) is 19.6 Å². The molecule has 0 aliphatic carbocycles. The Bertz CT molecular complexity index is 794. The number of amides is 2. The number of cyclic esters (lactones) is 1. The van der Waals surface area contributed by atoms with Crippen LogP contribution in [0.1, 0.15) is 40.0 Å². The predicted octanol–water partition coefficient (Wildman–Crippen LogP) is 0.851. The highest BCUT2D eigenvalue weighted by atomic mass is 16.6. The minimum absolute atomic E-state index is 0.0512. The van der Waals surface area contributed by atoms with Crippen molar-refractivity contribution in [2.45, 2.75) is 57.8 Å². The van der Waals surface area contributed by atoms with Gasteiger partial charge in [0.2, 0.25) is 0 Å². The average Bonchev–Trinajstić information content (AvgIpc) is 3.10. The van der Waals surface area contributed by atoms with Crippen molar-refractivity contribution in [2.75, 3.05) is 58.9 Å². The summed E-state index contributed by atoms with van der Waals surface area (Å²) in [6.07, 6.45) is 1.12. The number of ether oxygens (including phenoxy) is 2. The second kappa shape index (κ2) is 11.4. The first-order valence-corrected chi connectivity index (χ1v) is 12.4. The number of hydrogen-bond acceptors (Lipinski definition) is 8. The predicted molar refractivity (Wildman–Crippen MR) is 128 cm³/mol. The third-order valence-electron chi connectivity index (χ3n) is 6.74. The Labute approximate surface area is 206 Å². The number of piperidine rings is 1. The number of piperazine rings is 1. The van der Waals surface area contributed by atoms with Crippen LogP contribution in [0.3, 0.4) is 0 Å². The smallest absolute Gasteiger partial charge is 0.410 e. The molecular formula is C23H40N6O6. The molecule has 12 nitrogen and oxygen atoms in total. The fourth-order valence-electron chi connectivity index (χ4n) is 4.93. The van der Waals surface area contributed by atoms with Crippen LogP contribution in [-0.4, -0.2) is 125 Å². The van der Waals surface area contributed by atoms with E-state index in [2.05, 4.69) is 4.90 Å². The molecule has 35 heavy (non-hydrogen) atoms. The van der Waals surface area contributed by atoms with Crippen LogP contribution in [0.25, 0.3) is 0 Å². The zero-order valence-corrected chi connectivity index (χ0v) is 21.1. The Morgan fingerprint density at radius 1 is 1.17 bits per heavy atom. The Morgan fingerprint density at radius 3 is 2.43 bits per heavy atom. The first kappa shape index (κ1) is 27.0. The molecule has 3 heterocycles. The van der Waals surface area contributed by atoms with Crippen molar-refractivity contribution in [1.29, 1.82) is 5.41 Å². The fraction of sp³-hybridized carbons (Fsp3) is 0.826. The van der Waals surface area contributed by atoms with Gasteiger partial charge < -0.3 is 25.2 Å². The number of hydrogen-bond donors (Lipinski definition) is 3. The van der Waals surface area contributed by atoms with E-state index in [-0.39, 0.29) is 30.5 Å². The third-order valence-corrected chi connectivity index (χ3v) is 6.74. The second-order valence-corrected chi connectivity index (χ2v) is 10.7. The standard InChI is InChI=1S/C23H40N6O6/c1-23(2,3)35-22(33)29-7-5-16(12-18(29)20(24)25)4-6-28-14-17(34-21(28)32)13-26-8-10-27(11-9-26)15-19(30)31/h16-18H,4-15H2,1-3H3,(H3,24,25)(H,30,31). The Kier molecular flexibility index (Phi) is 8.81. The van der Waals surface area contributed by atoms with Gasteiger partial charge >= 0.3 is 18.2 Å². The van der Waals surface area contributed by atoms with Gasteiger partial charge in [0, 0.05) is 45.8 Å². The molecule has 3 aliphatic heterocycles. The van der Waals surface area contributed by atoms with Crippen molar-refractivity contribution in [3.05, 3.63) is 0 Å². The quantitative estimate of drug-likeness (QED) is 0.328. The summed E-state index contributed by atoms with van der Waals surface area (Å²) in [6, 6.07) is -0.498. The Balaban J connectivity index is 1.43. The minimum Gasteiger partial charge on any atom is -0.480 e. The lowest BCUT2D eigenvalue weighted by molar-refractivity contribution is -0.138. The molecule has 3 fully saturated rings. The molecule has 0 spiro atoms. The lowest BCUT2D eigenvalue weighted by Gasteiger charge is -2.39. The highest BCUT2D eigenvalue weighted by Gasteiger charge is 2.37. The van der Waals surface area contributed by atoms with Crippen LogP contribution >= 0.6 is 0 Å². The van der Waals surface area contributed by atoms with E-state index >= 15 is 0 Å². The number of nitrogens with zero attached hydrogens (tertiary/aromatic N) is 4. The van der Waals surface area contributed by atoms with Crippen LogP contribution < -0.4 is 5.73 Å². The molecule has 198 valence electrons. The Hall–Kier alpha value is -2.60. The molecule has 3 unspecified atom stereocenters. The molecule has 3 atom stereocenters. The zero-order valence-electron chi connectivity index (χ0n) is 21.1. The van der Waals surface area contributed by atoms with Gasteiger partial charge in [0.15, 0.2) is 0 Å². The molecule has 0 aromatic carbocycles. The summed E-state index contributed by atoms with van der Waals surface area (Å²) in [4.78, 5) is 43.2. The summed E-state index contributed by atoms with van der Waals surface area (Å²) in [5.74, 6) is -0.634. The number of aliphatic carboxylic acids is 1. The molecule has 0 aromatic rings. The van der Waals surface area contributed by atoms with E-state index in [1.54, 1.807) is 9.80 Å². The van der Waals surface area contributed by atoms with E-state index in [0.29, 0.717) is 45.7 Å². The van der Waals surface area contributed by atoms with E-state index < -0.39 is 23.7 Å². The van der Waals surface area contributed by atoms with Crippen molar-refractivity contribution in [3.63, 3.8) is 0 Å². The van der Waals surface area contributed by atoms with Gasteiger partial charge in [-0.15, -0.1) is 0 Å². The molecule has 0 radical (unpaired) electrons. The fourth-order valence-corrected chi connectivity index (χ4v) is 4.93. The number of likely N-dealkylation sites (tertiary alicyclic amines) is 1. The molecule has 0 bridgehead atoms. The molecule has 12 heteroatoms. The van der Waals surface area contributed by atoms with Gasteiger partial charge in [-0.1, -0.05) is 0 Å². The normalized spacial score (nSPS) is 26.5. The maximum absolute atomic E-state index is 12.6. The van der Waals surface area contributed by atoms with Crippen LogP contribution in [0.2, 0.25) is 0 Å². The number of amidine groups is 1. The van der Waals surface area contributed by atoms with Crippen LogP contribution in [-0.2, 0) is 14.3 Å². The van der Waals surface area contributed by atoms with Gasteiger partial charge in [0.25, 0.3) is 0 Å². The van der Waals surface area contributed by atoms with E-state index in [1.165, 1.54) is 0 Å². The summed E-state index contributed by atoms with van der Waals surface area (Å²) in [6.45, 7) is 10.6. The average molecular weight is 497 g/mol. The van der Waals surface area contributed by atoms with Crippen LogP contribution in [0.15, 0.2) is 0 Å². The van der Waals surface area contributed by atoms with E-state index in [9.17, 15) is 14.4 Å². The highest BCUT2D eigenvalue weighted by Crippen LogP contribution is 2.28. The van der Waals surface area contributed by atoms with Crippen molar-refractivity contribution in [3.8, 4) is 0 Å². The summed E-state index contributed by atoms with van der Waals surface area (Å²) >= 11 is 0. The number of rotatable bonds is 8. The van der Waals surface area contributed by atoms with Gasteiger partial charge in [0.05, 0.1) is 19.1 Å². The van der Waals surface area contributed by atoms with Gasteiger partial charge in [-0.05, 0) is 46.0 Å². The monoisotopic (exact) mass is 496 g/mol. The minimum atomic E-state index is -0.816. The molecule has 4 N–H and O–H groups in total. The van der Waals surface area contributed by atoms with Crippen molar-refractivity contribution in [2.24, 2.45) is 11.7 Å². The molecule has 0 aromatic heterocycles. The first-order chi connectivity index (χ1) is 16.4. The van der Waals surface area contributed by atoms with Crippen molar-refractivity contribution >= 4 is 24.0 Å². The number of nitrogens with one attached hydrogen (secondary N) is 1. The van der Waals surface area contributed by atoms with E-state index in [1.807, 2.05) is 25.7 Å². The summed E-state index contributed by atoms with van der Waals surface area (Å²) in [5, 5.41) is 16.9. The van der Waals surface area contributed by atoms with Crippen LogP contribution in [0.5, 0.6) is 0 Å². The molecule has 3 aliphatic rings. The SMILES string of the molecule is CC(C)(C)OC(=O)N1CCC(CCN2CC(CN3CCN(CC(=O)O)CC3)OC2=O)CC1C(=N)N. The summed E-state index contributed by atoms with van der Waals surface area (Å²) in [7, 11) is 0. The number of carboxylic acids is 1. The maximum atomic E-state index is 12.6. The number of carboxylic acid groups (broad SMARTS) is 1. The topological polar surface area (TPSA) is 153 Å². The van der Waals surface area contributed by atoms with Gasteiger partial charge in [0.1, 0.15) is 17.5 Å². The van der Waals surface area contributed by atoms with Crippen LogP contribution in [0.4, 0.5) is 9.59 Å². The summed E-state index contributed by atoms with van der Waals surface area (Å²) < 4.78 is 11.1. The molecule has 2 amide bonds. The third kappa shape index (κ3) is 7.96. The lowest BCUT2D eigenvalue weighted by atomic mass is 9.88. The maximum Gasteiger partial charge on any atom is 0.410 e. The van der Waals surface area contributed by atoms with E-state index in [4.69, 9.17) is 25.7 Å². The van der Waals surface area contributed by atoms with Gasteiger partial charge in [-0.3, -0.25) is 24.9 Å². The first-order valence-electron chi connectivity index (χ1n) is 12.4. The summed E-state index contributed by atoms with van der Waals surface area (Å²) in [5.41, 5.74) is 5.20. The van der Waals surface area contributed by atoms with Crippen molar-refractivity contribution < 1.29 is 29.0 Å². The number of carbonyl (C=O) groups excluding carboxylic acids is 2. The van der Waals surface area contributed by atoms with Gasteiger partial charge in [-0.25, -0.2) is 9.59 Å². The highest BCUT2D eigenvalue weighted by molar-refractivity contribution is 5.86. The largest absolute Gasteiger partial charge is 0.480 e. The molecule has 3 rings (SSSR count). The Morgan fingerprint density at radius 2 is 1.83 bits per heavy atom. The second-order valence-electron chi connectivity index (χ2n) is 10.7. The molecule has 3 saturated heterocycles. The lowest BCUT2D eigenvalue weighted by Crippen LogP contribution is -2.53. The zero-order chi connectivity index (χ0) is 25.8.